The molecule has 0 fully saturated rings. The Morgan fingerprint density at radius 2 is 2.56 bits per heavy atom. The second kappa shape index (κ2) is 3.11. The molecule has 1 aromatic rings. The maximum atomic E-state index is 5.02. The molecule has 0 bridgehead atoms. The average Bonchev–Trinajstić information content (AvgIpc) is 2.34. The fourth-order valence-corrected chi connectivity index (χ4v) is 0.587. The van der Waals surface area contributed by atoms with E-state index in [-0.39, 0.29) is 0 Å². The minimum atomic E-state index is 0.570. The molecule has 0 aromatic carbocycles. The molecule has 9 heavy (non-hydrogen) atoms. The van der Waals surface area contributed by atoms with Gasteiger partial charge in [0.15, 0.2) is 0 Å². The van der Waals surface area contributed by atoms with Gasteiger partial charge in [-0.05, 0) is 12.1 Å². The molecule has 0 aliphatic heterocycles. The Bertz CT molecular complexity index is 146. The number of anilines is 1. The minimum absolute atomic E-state index is 0.570. The van der Waals surface area contributed by atoms with Crippen LogP contribution in [-0.2, 0) is 0 Å². The molecule has 0 saturated carbocycles. The van der Waals surface area contributed by atoms with Crippen molar-refractivity contribution >= 4 is 5.82 Å². The predicted octanol–water partition coefficient (Wildman–Crippen LogP) is -0.153. The Labute approximate surface area is 53.4 Å². The summed E-state index contributed by atoms with van der Waals surface area (Å²) >= 11 is 0. The summed E-state index contributed by atoms with van der Waals surface area (Å²) in [5.74, 6) is 5.98. The summed E-state index contributed by atoms with van der Waals surface area (Å²) in [6.07, 6.45) is 1.85. The first kappa shape index (κ1) is 6.12. The molecule has 0 aliphatic rings. The molecule has 0 unspecified atom stereocenters. The third-order valence-corrected chi connectivity index (χ3v) is 0.979. The first-order valence-corrected chi connectivity index (χ1v) is 2.74. The van der Waals surface area contributed by atoms with Crippen LogP contribution in [0, 0.1) is 0 Å². The second-order valence-electron chi connectivity index (χ2n) is 1.64. The van der Waals surface area contributed by atoms with E-state index in [0.717, 1.165) is 5.82 Å². The first-order chi connectivity index (χ1) is 4.43. The highest BCUT2D eigenvalue weighted by Gasteiger charge is 1.84. The van der Waals surface area contributed by atoms with Crippen LogP contribution in [0.5, 0.6) is 0 Å². The topological polar surface area (TPSA) is 65.9 Å². The number of aromatic nitrogens is 1. The van der Waals surface area contributed by atoms with Crippen molar-refractivity contribution in [3.05, 3.63) is 18.3 Å². The number of aromatic amines is 1. The van der Waals surface area contributed by atoms with E-state index in [1.165, 1.54) is 0 Å². The van der Waals surface area contributed by atoms with Gasteiger partial charge in [-0.3, -0.25) is 5.84 Å². The van der Waals surface area contributed by atoms with E-state index in [4.69, 9.17) is 5.84 Å². The van der Waals surface area contributed by atoms with Gasteiger partial charge in [-0.25, -0.2) is 5.43 Å². The van der Waals surface area contributed by atoms with Crippen LogP contribution in [0.3, 0.4) is 0 Å². The van der Waals surface area contributed by atoms with Crippen molar-refractivity contribution in [3.8, 4) is 0 Å². The van der Waals surface area contributed by atoms with E-state index >= 15 is 0 Å². The van der Waals surface area contributed by atoms with Crippen LogP contribution in [0.4, 0.5) is 5.82 Å². The SMILES string of the molecule is NNCNc1ccc[nH]1. The third-order valence-electron chi connectivity index (χ3n) is 0.979. The fourth-order valence-electron chi connectivity index (χ4n) is 0.587. The molecule has 0 spiro atoms. The van der Waals surface area contributed by atoms with Gasteiger partial charge >= 0.3 is 0 Å². The van der Waals surface area contributed by atoms with E-state index < -0.39 is 0 Å². The zero-order valence-corrected chi connectivity index (χ0v) is 5.02. The third kappa shape index (κ3) is 1.75. The van der Waals surface area contributed by atoms with Crippen molar-refractivity contribution < 1.29 is 0 Å². The quantitative estimate of drug-likeness (QED) is 0.258. The van der Waals surface area contributed by atoms with Gasteiger partial charge in [0, 0.05) is 6.20 Å². The lowest BCUT2D eigenvalue weighted by molar-refractivity contribution is 0.787. The second-order valence-corrected chi connectivity index (χ2v) is 1.64. The van der Waals surface area contributed by atoms with Crippen molar-refractivity contribution in [3.63, 3.8) is 0 Å². The van der Waals surface area contributed by atoms with Crippen LogP contribution < -0.4 is 16.6 Å². The number of nitrogens with one attached hydrogen (secondary N) is 3. The smallest absolute Gasteiger partial charge is 0.104 e. The molecule has 0 radical (unpaired) electrons. The van der Waals surface area contributed by atoms with Crippen LogP contribution in [0.25, 0.3) is 0 Å². The van der Waals surface area contributed by atoms with Crippen molar-refractivity contribution in [2.24, 2.45) is 5.84 Å². The normalized spacial score (nSPS) is 9.44. The van der Waals surface area contributed by atoms with E-state index in [1.807, 2.05) is 18.3 Å². The monoisotopic (exact) mass is 126 g/mol. The summed E-state index contributed by atoms with van der Waals surface area (Å²) in [7, 11) is 0. The lowest BCUT2D eigenvalue weighted by Crippen LogP contribution is -2.28. The van der Waals surface area contributed by atoms with Crippen LogP contribution in [-0.4, -0.2) is 11.7 Å². The highest BCUT2D eigenvalue weighted by Crippen LogP contribution is 1.97. The summed E-state index contributed by atoms with van der Waals surface area (Å²) < 4.78 is 0. The van der Waals surface area contributed by atoms with Gasteiger partial charge in [-0.1, -0.05) is 0 Å². The van der Waals surface area contributed by atoms with E-state index in [2.05, 4.69) is 15.7 Å². The number of nitrogens with two attached hydrogens (primary N) is 1. The molecule has 0 saturated heterocycles. The summed E-state index contributed by atoms with van der Waals surface area (Å²) in [6, 6.07) is 3.84. The molecule has 4 heteroatoms. The summed E-state index contributed by atoms with van der Waals surface area (Å²) in [4.78, 5) is 2.97. The zero-order chi connectivity index (χ0) is 6.53. The van der Waals surface area contributed by atoms with Gasteiger partial charge in [0.2, 0.25) is 0 Å². The summed E-state index contributed by atoms with van der Waals surface area (Å²) in [5.41, 5.74) is 2.47. The number of hydrogen-bond acceptors (Lipinski definition) is 3. The number of hydrogen-bond donors (Lipinski definition) is 4. The Morgan fingerprint density at radius 1 is 1.67 bits per heavy atom. The molecule has 4 nitrogen and oxygen atoms in total. The van der Waals surface area contributed by atoms with Crippen LogP contribution in [0.2, 0.25) is 0 Å². The van der Waals surface area contributed by atoms with E-state index in [0.29, 0.717) is 6.67 Å². The molecule has 50 valence electrons. The standard InChI is InChI=1S/C5H10N4/c6-9-4-8-5-2-1-3-7-5/h1-3,7-9H,4,6H2. The Kier molecular flexibility index (Phi) is 2.12. The maximum absolute atomic E-state index is 5.02. The molecule has 0 atom stereocenters. The zero-order valence-electron chi connectivity index (χ0n) is 5.02. The number of hydrazine groups is 1. The summed E-state index contributed by atoms with van der Waals surface area (Å²) in [6.45, 7) is 0.570. The highest BCUT2D eigenvalue weighted by molar-refractivity contribution is 5.33. The first-order valence-electron chi connectivity index (χ1n) is 2.74. The van der Waals surface area contributed by atoms with Gasteiger partial charge in [-0.15, -0.1) is 0 Å². The molecule has 0 amide bonds. The molecule has 1 rings (SSSR count). The van der Waals surface area contributed by atoms with Gasteiger partial charge in [0.1, 0.15) is 5.82 Å². The van der Waals surface area contributed by atoms with Crippen molar-refractivity contribution in [2.75, 3.05) is 12.0 Å². The average molecular weight is 126 g/mol. The minimum Gasteiger partial charge on any atom is -0.358 e. The molecule has 0 aliphatic carbocycles. The lowest BCUT2D eigenvalue weighted by Gasteiger charge is -1.99. The van der Waals surface area contributed by atoms with Gasteiger partial charge < -0.3 is 10.3 Å². The molecular weight excluding hydrogens is 116 g/mol. The molecular formula is C5H10N4. The summed E-state index contributed by atoms with van der Waals surface area (Å²) in [5, 5.41) is 2.98. The lowest BCUT2D eigenvalue weighted by atomic mass is 10.6. The van der Waals surface area contributed by atoms with Crippen LogP contribution in [0.1, 0.15) is 0 Å². The largest absolute Gasteiger partial charge is 0.358 e. The molecule has 1 aromatic heterocycles. The molecule has 1 heterocycles. The van der Waals surface area contributed by atoms with E-state index in [1.54, 1.807) is 0 Å². The van der Waals surface area contributed by atoms with Crippen LogP contribution in [0.15, 0.2) is 18.3 Å². The maximum Gasteiger partial charge on any atom is 0.104 e. The Balaban J connectivity index is 2.30. The van der Waals surface area contributed by atoms with E-state index in [9.17, 15) is 0 Å². The Morgan fingerprint density at radius 3 is 3.11 bits per heavy atom. The Hall–Kier alpha value is -1.00. The molecule has 5 N–H and O–H groups in total. The van der Waals surface area contributed by atoms with Crippen LogP contribution >= 0.6 is 0 Å². The number of rotatable bonds is 3. The van der Waals surface area contributed by atoms with Gasteiger partial charge in [0.05, 0.1) is 6.67 Å². The fraction of sp³-hybridized carbons (Fsp3) is 0.200. The predicted molar refractivity (Wildman–Crippen MR) is 36.6 cm³/mol. The van der Waals surface area contributed by atoms with Gasteiger partial charge in [0.25, 0.3) is 0 Å². The van der Waals surface area contributed by atoms with Crippen molar-refractivity contribution in [2.45, 2.75) is 0 Å². The van der Waals surface area contributed by atoms with Crippen molar-refractivity contribution in [1.82, 2.24) is 10.4 Å². The van der Waals surface area contributed by atoms with Crippen molar-refractivity contribution in [1.29, 1.82) is 0 Å². The highest BCUT2D eigenvalue weighted by atomic mass is 15.3. The van der Waals surface area contributed by atoms with Gasteiger partial charge in [-0.2, -0.15) is 0 Å². The number of H-pyrrole nitrogens is 1.